The molecule has 0 fully saturated rings. The maximum Gasteiger partial charge on any atom is 0.261 e. The molecule has 30 heavy (non-hydrogen) atoms. The third-order valence-corrected chi connectivity index (χ3v) is 7.26. The van der Waals surface area contributed by atoms with Crippen LogP contribution in [-0.4, -0.2) is 26.6 Å². The number of hydrogen-bond donors (Lipinski definition) is 1. The van der Waals surface area contributed by atoms with Gasteiger partial charge in [0.05, 0.1) is 23.4 Å². The highest BCUT2D eigenvalue weighted by molar-refractivity contribution is 7.92. The zero-order chi connectivity index (χ0) is 21.9. The van der Waals surface area contributed by atoms with Crippen LogP contribution in [0.1, 0.15) is 41.9 Å². The van der Waals surface area contributed by atoms with Crippen LogP contribution < -0.4 is 9.62 Å². The molecule has 5 nitrogen and oxygen atoms in total. The summed E-state index contributed by atoms with van der Waals surface area (Å²) in [5.41, 5.74) is 1.39. The van der Waals surface area contributed by atoms with E-state index in [4.69, 9.17) is 11.6 Å². The number of halogens is 1. The first-order valence-corrected chi connectivity index (χ1v) is 12.8. The second-order valence-corrected chi connectivity index (χ2v) is 10.8. The van der Waals surface area contributed by atoms with Gasteiger partial charge in [-0.2, -0.15) is 0 Å². The lowest BCUT2D eigenvalue weighted by molar-refractivity contribution is 0.0942. The monoisotopic (exact) mass is 464 g/mol. The van der Waals surface area contributed by atoms with Gasteiger partial charge in [-0.15, -0.1) is 11.3 Å². The van der Waals surface area contributed by atoms with Crippen molar-refractivity contribution in [3.63, 3.8) is 0 Å². The quantitative estimate of drug-likeness (QED) is 0.482. The van der Waals surface area contributed by atoms with E-state index in [9.17, 15) is 13.2 Å². The van der Waals surface area contributed by atoms with E-state index in [0.29, 0.717) is 15.6 Å². The molecule has 2 aromatic carbocycles. The van der Waals surface area contributed by atoms with Crippen molar-refractivity contribution in [3.8, 4) is 0 Å². The number of thiophene rings is 1. The van der Waals surface area contributed by atoms with Crippen LogP contribution in [0.25, 0.3) is 10.1 Å². The van der Waals surface area contributed by atoms with Gasteiger partial charge in [-0.3, -0.25) is 9.10 Å². The van der Waals surface area contributed by atoms with Crippen LogP contribution in [0.15, 0.2) is 48.5 Å². The molecule has 1 heterocycles. The Bertz CT molecular complexity index is 1140. The third-order valence-electron chi connectivity index (χ3n) is 4.75. The fourth-order valence-electron chi connectivity index (χ4n) is 3.25. The molecular formula is C22H25ClN2O3S2. The van der Waals surface area contributed by atoms with Crippen molar-refractivity contribution in [2.45, 2.75) is 39.3 Å². The minimum Gasteiger partial charge on any atom is -0.349 e. The highest BCUT2D eigenvalue weighted by Gasteiger charge is 2.19. The Morgan fingerprint density at radius 3 is 2.50 bits per heavy atom. The van der Waals surface area contributed by atoms with Crippen molar-refractivity contribution in [3.05, 3.63) is 64.0 Å². The van der Waals surface area contributed by atoms with E-state index >= 15 is 0 Å². The first-order chi connectivity index (χ1) is 14.2. The topological polar surface area (TPSA) is 66.5 Å². The SMILES string of the molecule is CCC[C@@H](C)NC(=O)c1cc2cc(N(Cc3ccc(Cl)cc3)S(C)(=O)=O)ccc2s1. The molecule has 0 aliphatic rings. The Balaban J connectivity index is 1.89. The van der Waals surface area contributed by atoms with Crippen LogP contribution in [0, 0.1) is 0 Å². The minimum atomic E-state index is -3.50. The summed E-state index contributed by atoms with van der Waals surface area (Å²) in [6, 6.07) is 14.5. The third kappa shape index (κ3) is 5.53. The van der Waals surface area contributed by atoms with E-state index in [1.165, 1.54) is 21.9 Å². The Kier molecular flexibility index (Phi) is 7.06. The normalized spacial score (nSPS) is 12.7. The number of sulfonamides is 1. The Hall–Kier alpha value is -2.09. The van der Waals surface area contributed by atoms with Gasteiger partial charge in [-0.05, 0) is 60.7 Å². The fourth-order valence-corrected chi connectivity index (χ4v) is 5.21. The molecule has 0 saturated heterocycles. The average Bonchev–Trinajstić information content (AvgIpc) is 3.10. The van der Waals surface area contributed by atoms with E-state index in [1.807, 2.05) is 37.3 Å². The Morgan fingerprint density at radius 1 is 1.17 bits per heavy atom. The molecule has 1 aromatic heterocycles. The standard InChI is InChI=1S/C22H25ClN2O3S2/c1-4-5-15(2)24-22(26)21-13-17-12-19(10-11-20(17)29-21)25(30(3,27)28)14-16-6-8-18(23)9-7-16/h6-13,15H,4-5,14H2,1-3H3,(H,24,26)/t15-/m1/s1. The Morgan fingerprint density at radius 2 is 1.87 bits per heavy atom. The smallest absolute Gasteiger partial charge is 0.261 e. The maximum absolute atomic E-state index is 12.5. The number of amides is 1. The highest BCUT2D eigenvalue weighted by Crippen LogP contribution is 2.31. The van der Waals surface area contributed by atoms with E-state index < -0.39 is 10.0 Å². The van der Waals surface area contributed by atoms with Crippen molar-refractivity contribution >= 4 is 54.6 Å². The van der Waals surface area contributed by atoms with Gasteiger partial charge >= 0.3 is 0 Å². The van der Waals surface area contributed by atoms with E-state index in [0.717, 1.165) is 28.5 Å². The maximum atomic E-state index is 12.5. The molecule has 0 radical (unpaired) electrons. The van der Waals surface area contributed by atoms with Crippen molar-refractivity contribution in [1.82, 2.24) is 5.32 Å². The van der Waals surface area contributed by atoms with Crippen LogP contribution >= 0.6 is 22.9 Å². The molecule has 3 aromatic rings. The number of nitrogens with one attached hydrogen (secondary N) is 1. The van der Waals surface area contributed by atoms with Gasteiger partial charge in [-0.1, -0.05) is 37.1 Å². The largest absolute Gasteiger partial charge is 0.349 e. The minimum absolute atomic E-state index is 0.0974. The molecule has 3 rings (SSSR count). The van der Waals surface area contributed by atoms with Gasteiger partial charge in [0, 0.05) is 15.8 Å². The first-order valence-electron chi connectivity index (χ1n) is 9.74. The van der Waals surface area contributed by atoms with Gasteiger partial charge in [-0.25, -0.2) is 8.42 Å². The predicted octanol–water partition coefficient (Wildman–Crippen LogP) is 5.44. The van der Waals surface area contributed by atoms with Crippen LogP contribution in [-0.2, 0) is 16.6 Å². The summed E-state index contributed by atoms with van der Waals surface area (Å²) in [4.78, 5) is 13.1. The van der Waals surface area contributed by atoms with Crippen LogP contribution in [0.2, 0.25) is 5.02 Å². The Labute approximate surface area is 186 Å². The van der Waals surface area contributed by atoms with Crippen molar-refractivity contribution in [1.29, 1.82) is 0 Å². The van der Waals surface area contributed by atoms with E-state index in [1.54, 1.807) is 18.2 Å². The van der Waals surface area contributed by atoms with Gasteiger partial charge < -0.3 is 5.32 Å². The highest BCUT2D eigenvalue weighted by atomic mass is 35.5. The second-order valence-electron chi connectivity index (χ2n) is 7.39. The number of hydrogen-bond acceptors (Lipinski definition) is 4. The molecule has 0 spiro atoms. The zero-order valence-electron chi connectivity index (χ0n) is 17.2. The molecule has 0 saturated carbocycles. The lowest BCUT2D eigenvalue weighted by atomic mass is 10.2. The summed E-state index contributed by atoms with van der Waals surface area (Å²) in [6.45, 7) is 4.28. The number of rotatable bonds is 8. The summed E-state index contributed by atoms with van der Waals surface area (Å²) < 4.78 is 27.2. The summed E-state index contributed by atoms with van der Waals surface area (Å²) in [5.74, 6) is -0.0974. The van der Waals surface area contributed by atoms with Crippen molar-refractivity contribution in [2.75, 3.05) is 10.6 Å². The molecule has 1 atom stereocenters. The van der Waals surface area contributed by atoms with Crippen molar-refractivity contribution in [2.24, 2.45) is 0 Å². The summed E-state index contributed by atoms with van der Waals surface area (Å²) in [5, 5.41) is 4.45. The van der Waals surface area contributed by atoms with Crippen LogP contribution in [0.3, 0.4) is 0 Å². The fraction of sp³-hybridized carbons (Fsp3) is 0.318. The lowest BCUT2D eigenvalue weighted by Crippen LogP contribution is -2.31. The van der Waals surface area contributed by atoms with Gasteiger partial charge in [0.1, 0.15) is 0 Å². The summed E-state index contributed by atoms with van der Waals surface area (Å²) in [7, 11) is -3.50. The van der Waals surface area contributed by atoms with Gasteiger partial charge in [0.2, 0.25) is 10.0 Å². The summed E-state index contributed by atoms with van der Waals surface area (Å²) in [6.07, 6.45) is 3.12. The van der Waals surface area contributed by atoms with Gasteiger partial charge in [0.15, 0.2) is 0 Å². The number of carbonyl (C=O) groups excluding carboxylic acids is 1. The molecule has 160 valence electrons. The molecule has 0 bridgehead atoms. The van der Waals surface area contributed by atoms with E-state index in [2.05, 4.69) is 12.2 Å². The van der Waals surface area contributed by atoms with Crippen LogP contribution in [0.5, 0.6) is 0 Å². The second kappa shape index (κ2) is 9.37. The number of fused-ring (bicyclic) bond motifs is 1. The number of anilines is 1. The predicted molar refractivity (Wildman–Crippen MR) is 126 cm³/mol. The molecule has 0 unspecified atom stereocenters. The zero-order valence-corrected chi connectivity index (χ0v) is 19.6. The van der Waals surface area contributed by atoms with E-state index in [-0.39, 0.29) is 18.5 Å². The lowest BCUT2D eigenvalue weighted by Gasteiger charge is -2.22. The molecular weight excluding hydrogens is 440 g/mol. The molecule has 0 aliphatic heterocycles. The number of nitrogens with zero attached hydrogens (tertiary/aromatic N) is 1. The number of benzene rings is 2. The first kappa shape index (κ1) is 22.6. The average molecular weight is 465 g/mol. The van der Waals surface area contributed by atoms with Gasteiger partial charge in [0.25, 0.3) is 5.91 Å². The number of carbonyl (C=O) groups is 1. The van der Waals surface area contributed by atoms with Crippen molar-refractivity contribution < 1.29 is 13.2 Å². The molecule has 0 aliphatic carbocycles. The molecule has 1 amide bonds. The summed E-state index contributed by atoms with van der Waals surface area (Å²) >= 11 is 7.34. The molecule has 1 N–H and O–H groups in total. The van der Waals surface area contributed by atoms with Crippen LogP contribution in [0.4, 0.5) is 5.69 Å². The molecule has 8 heteroatoms.